The number of hydrogen-bond acceptors (Lipinski definition) is 3. The molecule has 0 fully saturated rings. The Labute approximate surface area is 90.6 Å². The van der Waals surface area contributed by atoms with E-state index in [4.69, 9.17) is 23.3 Å². The van der Waals surface area contributed by atoms with Crippen LogP contribution in [0.25, 0.3) is 0 Å². The van der Waals surface area contributed by atoms with E-state index in [0.29, 0.717) is 5.96 Å². The van der Waals surface area contributed by atoms with Gasteiger partial charge in [-0.1, -0.05) is 0 Å². The van der Waals surface area contributed by atoms with Crippen molar-refractivity contribution in [3.8, 4) is 0 Å². The van der Waals surface area contributed by atoms with E-state index in [9.17, 15) is 0 Å². The predicted molar refractivity (Wildman–Crippen MR) is 59.3 cm³/mol. The van der Waals surface area contributed by atoms with Crippen LogP contribution in [-0.4, -0.2) is 48.0 Å². The van der Waals surface area contributed by atoms with E-state index >= 15 is 0 Å². The molecule has 0 rings (SSSR count). The van der Waals surface area contributed by atoms with E-state index in [-0.39, 0.29) is 0 Å². The number of nitrogens with two attached hydrogens (primary N) is 1. The third-order valence-electron chi connectivity index (χ3n) is 1.41. The smallest absolute Gasteiger partial charge is 0.370 e. The zero-order chi connectivity index (χ0) is 12.5. The standard InChI is InChI=1S/C7H17N3.H2O4S/c1-4-9-7(8)10(5-2)6-3;1-5(2,3)4/h4-6H2,1-3H3,(H2,8,9);(H2,1,2,3,4). The molecule has 0 saturated heterocycles. The van der Waals surface area contributed by atoms with Crippen LogP contribution in [0.2, 0.25) is 0 Å². The largest absolute Gasteiger partial charge is 0.394 e. The number of rotatable bonds is 3. The normalized spacial score (nSPS) is 11.7. The molecule has 92 valence electrons. The fraction of sp³-hybridized carbons (Fsp3) is 0.857. The minimum atomic E-state index is -4.67. The van der Waals surface area contributed by atoms with Crippen LogP contribution in [0.15, 0.2) is 4.99 Å². The van der Waals surface area contributed by atoms with Crippen molar-refractivity contribution < 1.29 is 17.5 Å². The minimum Gasteiger partial charge on any atom is -0.370 e. The molecule has 0 aromatic heterocycles. The van der Waals surface area contributed by atoms with Crippen molar-refractivity contribution in [1.82, 2.24) is 4.90 Å². The van der Waals surface area contributed by atoms with Gasteiger partial charge in [0.05, 0.1) is 0 Å². The molecule has 7 nitrogen and oxygen atoms in total. The monoisotopic (exact) mass is 241 g/mol. The maximum Gasteiger partial charge on any atom is 0.394 e. The lowest BCUT2D eigenvalue weighted by molar-refractivity contribution is 0.381. The van der Waals surface area contributed by atoms with Crippen LogP contribution in [0.4, 0.5) is 0 Å². The molecule has 0 spiro atoms. The SMILES string of the molecule is CCN=C(N)N(CC)CC.O=S(=O)(O)O. The van der Waals surface area contributed by atoms with Gasteiger partial charge >= 0.3 is 10.4 Å². The third-order valence-corrected chi connectivity index (χ3v) is 1.41. The van der Waals surface area contributed by atoms with E-state index in [0.717, 1.165) is 19.6 Å². The average molecular weight is 241 g/mol. The molecule has 0 aromatic rings. The average Bonchev–Trinajstić information content (AvgIpc) is 2.03. The summed E-state index contributed by atoms with van der Waals surface area (Å²) < 4.78 is 31.6. The van der Waals surface area contributed by atoms with Gasteiger partial charge < -0.3 is 10.6 Å². The van der Waals surface area contributed by atoms with Crippen molar-refractivity contribution in [2.24, 2.45) is 10.7 Å². The summed E-state index contributed by atoms with van der Waals surface area (Å²) in [5.74, 6) is 0.660. The van der Waals surface area contributed by atoms with Gasteiger partial charge in [-0.15, -0.1) is 0 Å². The fourth-order valence-corrected chi connectivity index (χ4v) is 0.810. The number of aliphatic imine (C=N–C) groups is 1. The lowest BCUT2D eigenvalue weighted by atomic mass is 10.5. The molecular formula is C7H19N3O4S. The van der Waals surface area contributed by atoms with Crippen LogP contribution in [0.3, 0.4) is 0 Å². The van der Waals surface area contributed by atoms with E-state index in [2.05, 4.69) is 18.8 Å². The number of hydrogen-bond donors (Lipinski definition) is 3. The molecule has 0 unspecified atom stereocenters. The van der Waals surface area contributed by atoms with Crippen molar-refractivity contribution in [3.63, 3.8) is 0 Å². The first-order valence-corrected chi connectivity index (χ1v) is 5.90. The Bertz CT molecular complexity index is 264. The van der Waals surface area contributed by atoms with Crippen LogP contribution in [0.1, 0.15) is 20.8 Å². The highest BCUT2D eigenvalue weighted by Gasteiger charge is 1.98. The molecule has 0 aliphatic carbocycles. The summed E-state index contributed by atoms with van der Waals surface area (Å²) in [4.78, 5) is 6.12. The van der Waals surface area contributed by atoms with E-state index in [1.807, 2.05) is 11.8 Å². The zero-order valence-electron chi connectivity index (χ0n) is 9.21. The molecule has 0 radical (unpaired) electrons. The van der Waals surface area contributed by atoms with Crippen LogP contribution >= 0.6 is 0 Å². The third kappa shape index (κ3) is 15.9. The summed E-state index contributed by atoms with van der Waals surface area (Å²) in [7, 11) is -4.67. The maximum absolute atomic E-state index is 8.74. The quantitative estimate of drug-likeness (QED) is 0.364. The van der Waals surface area contributed by atoms with Gasteiger partial charge in [0.1, 0.15) is 0 Å². The van der Waals surface area contributed by atoms with E-state index in [1.54, 1.807) is 0 Å². The molecule has 8 heteroatoms. The van der Waals surface area contributed by atoms with Crippen LogP contribution in [0, 0.1) is 0 Å². The predicted octanol–water partition coefficient (Wildman–Crippen LogP) is 0.0100. The summed E-state index contributed by atoms with van der Waals surface area (Å²) >= 11 is 0. The topological polar surface area (TPSA) is 116 Å². The lowest BCUT2D eigenvalue weighted by Crippen LogP contribution is -2.37. The Kier molecular flexibility index (Phi) is 9.33. The summed E-state index contributed by atoms with van der Waals surface area (Å²) in [6, 6.07) is 0. The Morgan fingerprint density at radius 2 is 1.60 bits per heavy atom. The van der Waals surface area contributed by atoms with Gasteiger partial charge in [0.15, 0.2) is 5.96 Å². The summed E-state index contributed by atoms with van der Waals surface area (Å²) in [6.07, 6.45) is 0. The van der Waals surface area contributed by atoms with Crippen molar-refractivity contribution in [2.75, 3.05) is 19.6 Å². The van der Waals surface area contributed by atoms with Gasteiger partial charge in [-0.3, -0.25) is 14.1 Å². The molecule has 0 saturated carbocycles. The summed E-state index contributed by atoms with van der Waals surface area (Å²) in [5, 5.41) is 0. The Morgan fingerprint density at radius 1 is 1.27 bits per heavy atom. The molecule has 4 N–H and O–H groups in total. The van der Waals surface area contributed by atoms with Crippen molar-refractivity contribution >= 4 is 16.4 Å². The zero-order valence-corrected chi connectivity index (χ0v) is 10.0. The molecule has 0 aliphatic rings. The molecule has 0 atom stereocenters. The van der Waals surface area contributed by atoms with Gasteiger partial charge in [0.2, 0.25) is 0 Å². The fourth-order valence-electron chi connectivity index (χ4n) is 0.810. The first-order chi connectivity index (χ1) is 6.76. The summed E-state index contributed by atoms with van der Waals surface area (Å²) in [6.45, 7) is 8.76. The lowest BCUT2D eigenvalue weighted by Gasteiger charge is -2.18. The molecular weight excluding hydrogens is 222 g/mol. The van der Waals surface area contributed by atoms with Crippen LogP contribution in [0.5, 0.6) is 0 Å². The van der Waals surface area contributed by atoms with Crippen molar-refractivity contribution in [2.45, 2.75) is 20.8 Å². The number of nitrogens with zero attached hydrogens (tertiary/aromatic N) is 2. The van der Waals surface area contributed by atoms with Gasteiger partial charge in [-0.25, -0.2) is 0 Å². The minimum absolute atomic E-state index is 0.660. The molecule has 15 heavy (non-hydrogen) atoms. The highest BCUT2D eigenvalue weighted by molar-refractivity contribution is 7.79. The van der Waals surface area contributed by atoms with Crippen LogP contribution in [-0.2, 0) is 10.4 Å². The molecule has 0 aromatic carbocycles. The molecule has 0 amide bonds. The number of guanidine groups is 1. The van der Waals surface area contributed by atoms with Gasteiger partial charge in [0, 0.05) is 19.6 Å². The van der Waals surface area contributed by atoms with Crippen molar-refractivity contribution in [1.29, 1.82) is 0 Å². The first-order valence-electron chi connectivity index (χ1n) is 4.50. The Hall–Kier alpha value is -0.860. The highest BCUT2D eigenvalue weighted by Crippen LogP contribution is 1.85. The summed E-state index contributed by atoms with van der Waals surface area (Å²) in [5.41, 5.74) is 5.63. The second-order valence-corrected chi connectivity index (χ2v) is 3.35. The maximum atomic E-state index is 8.74. The van der Waals surface area contributed by atoms with Crippen molar-refractivity contribution in [3.05, 3.63) is 0 Å². The second-order valence-electron chi connectivity index (χ2n) is 2.45. The van der Waals surface area contributed by atoms with E-state index < -0.39 is 10.4 Å². The Morgan fingerprint density at radius 3 is 1.80 bits per heavy atom. The van der Waals surface area contributed by atoms with E-state index in [1.165, 1.54) is 0 Å². The van der Waals surface area contributed by atoms with Crippen LogP contribution < -0.4 is 5.73 Å². The Balaban J connectivity index is 0. The highest BCUT2D eigenvalue weighted by atomic mass is 32.3. The molecule has 0 aliphatic heterocycles. The first kappa shape index (κ1) is 16.6. The van der Waals surface area contributed by atoms with Gasteiger partial charge in [0.25, 0.3) is 0 Å². The van der Waals surface area contributed by atoms with Gasteiger partial charge in [-0.05, 0) is 20.8 Å². The molecule has 0 bridgehead atoms. The second kappa shape index (κ2) is 8.45. The van der Waals surface area contributed by atoms with Gasteiger partial charge in [-0.2, -0.15) is 8.42 Å². The molecule has 0 heterocycles.